The molecule has 3 rings (SSSR count). The van der Waals surface area contributed by atoms with Gasteiger partial charge in [0.1, 0.15) is 12.7 Å². The van der Waals surface area contributed by atoms with Crippen molar-refractivity contribution in [2.75, 3.05) is 11.5 Å². The fourth-order valence-electron chi connectivity index (χ4n) is 3.71. The first kappa shape index (κ1) is 22.4. The zero-order valence-electron chi connectivity index (χ0n) is 17.9. The van der Waals surface area contributed by atoms with Crippen LogP contribution in [0, 0.1) is 5.92 Å². The van der Waals surface area contributed by atoms with E-state index in [2.05, 4.69) is 6.92 Å². The van der Waals surface area contributed by atoms with Crippen molar-refractivity contribution in [1.29, 1.82) is 0 Å². The third-order valence-corrected chi connectivity index (χ3v) is 5.74. The second-order valence-corrected chi connectivity index (χ2v) is 7.98. The smallest absolute Gasteiger partial charge is 0.338 e. The van der Waals surface area contributed by atoms with Crippen molar-refractivity contribution >= 4 is 29.4 Å². The molecule has 164 valence electrons. The van der Waals surface area contributed by atoms with Gasteiger partial charge in [-0.05, 0) is 67.5 Å². The van der Waals surface area contributed by atoms with E-state index in [4.69, 9.17) is 20.9 Å². The molecule has 1 aliphatic rings. The van der Waals surface area contributed by atoms with Crippen LogP contribution < -0.4 is 11.5 Å². The number of anilines is 2. The van der Waals surface area contributed by atoms with Gasteiger partial charge in [-0.15, -0.1) is 0 Å². The minimum absolute atomic E-state index is 0.0136. The van der Waals surface area contributed by atoms with Crippen LogP contribution in [-0.2, 0) is 20.9 Å². The van der Waals surface area contributed by atoms with Gasteiger partial charge in [-0.1, -0.05) is 31.5 Å². The maximum Gasteiger partial charge on any atom is 0.338 e. The van der Waals surface area contributed by atoms with Gasteiger partial charge in [-0.25, -0.2) is 9.59 Å². The summed E-state index contributed by atoms with van der Waals surface area (Å²) in [5, 5.41) is 0. The van der Waals surface area contributed by atoms with E-state index in [0.29, 0.717) is 22.5 Å². The Bertz CT molecular complexity index is 929. The van der Waals surface area contributed by atoms with E-state index in [1.54, 1.807) is 48.5 Å². The van der Waals surface area contributed by atoms with Crippen LogP contribution in [0.3, 0.4) is 0 Å². The molecule has 0 radical (unpaired) electrons. The van der Waals surface area contributed by atoms with Gasteiger partial charge in [-0.3, -0.25) is 0 Å². The molecular weight excluding hydrogens is 392 g/mol. The summed E-state index contributed by atoms with van der Waals surface area (Å²) in [5.41, 5.74) is 14.5. The maximum atomic E-state index is 12.4. The second-order valence-electron chi connectivity index (χ2n) is 7.98. The van der Waals surface area contributed by atoms with Crippen molar-refractivity contribution in [2.45, 2.75) is 51.7 Å². The largest absolute Gasteiger partial charge is 0.459 e. The lowest BCUT2D eigenvalue weighted by Gasteiger charge is -2.27. The summed E-state index contributed by atoms with van der Waals surface area (Å²) >= 11 is 0. The topological polar surface area (TPSA) is 105 Å². The van der Waals surface area contributed by atoms with Gasteiger partial charge in [0, 0.05) is 23.0 Å². The van der Waals surface area contributed by atoms with Crippen molar-refractivity contribution in [1.82, 2.24) is 0 Å². The number of benzene rings is 2. The Hall–Kier alpha value is -3.28. The molecule has 4 N–H and O–H groups in total. The number of carbonyl (C=O) groups excluding carboxylic acids is 2. The molecule has 6 heteroatoms. The molecule has 0 saturated heterocycles. The Morgan fingerprint density at radius 3 is 2.39 bits per heavy atom. The highest BCUT2D eigenvalue weighted by Crippen LogP contribution is 2.28. The van der Waals surface area contributed by atoms with Crippen molar-refractivity contribution in [3.63, 3.8) is 0 Å². The quantitative estimate of drug-likeness (QED) is 0.380. The van der Waals surface area contributed by atoms with Crippen molar-refractivity contribution in [2.24, 2.45) is 5.92 Å². The second kappa shape index (κ2) is 10.7. The van der Waals surface area contributed by atoms with Crippen LogP contribution in [0.1, 0.15) is 60.5 Å². The molecule has 31 heavy (non-hydrogen) atoms. The van der Waals surface area contributed by atoms with Gasteiger partial charge in [-0.2, -0.15) is 0 Å². The Morgan fingerprint density at radius 2 is 1.74 bits per heavy atom. The summed E-state index contributed by atoms with van der Waals surface area (Å²) in [5.74, 6) is -0.0186. The summed E-state index contributed by atoms with van der Waals surface area (Å²) in [6, 6.07) is 12.0. The van der Waals surface area contributed by atoms with E-state index in [9.17, 15) is 9.59 Å². The molecule has 0 aliphatic heterocycles. The van der Waals surface area contributed by atoms with Crippen molar-refractivity contribution < 1.29 is 19.1 Å². The van der Waals surface area contributed by atoms with E-state index in [1.165, 1.54) is 12.5 Å². The van der Waals surface area contributed by atoms with E-state index in [0.717, 1.165) is 37.2 Å². The minimum Gasteiger partial charge on any atom is -0.459 e. The normalized spacial score (nSPS) is 18.6. The predicted molar refractivity (Wildman–Crippen MR) is 122 cm³/mol. The molecule has 6 nitrogen and oxygen atoms in total. The average Bonchev–Trinajstić information content (AvgIpc) is 2.78. The van der Waals surface area contributed by atoms with E-state index in [-0.39, 0.29) is 18.7 Å². The molecule has 0 bridgehead atoms. The molecule has 0 amide bonds. The van der Waals surface area contributed by atoms with Gasteiger partial charge < -0.3 is 20.9 Å². The first-order chi connectivity index (χ1) is 14.9. The lowest BCUT2D eigenvalue weighted by molar-refractivity contribution is -0.138. The molecule has 2 aromatic rings. The lowest BCUT2D eigenvalue weighted by atomic mass is 9.86. The Kier molecular flexibility index (Phi) is 7.70. The Morgan fingerprint density at radius 1 is 1.03 bits per heavy atom. The monoisotopic (exact) mass is 422 g/mol. The van der Waals surface area contributed by atoms with Crippen LogP contribution in [0.25, 0.3) is 6.08 Å². The molecular formula is C25H30N2O4. The summed E-state index contributed by atoms with van der Waals surface area (Å²) in [6.45, 7) is 2.28. The highest BCUT2D eigenvalue weighted by Gasteiger charge is 2.23. The van der Waals surface area contributed by atoms with Crippen LogP contribution in [0.15, 0.2) is 48.5 Å². The van der Waals surface area contributed by atoms with Crippen molar-refractivity contribution in [3.05, 3.63) is 65.2 Å². The predicted octanol–water partition coefficient (Wildman–Crippen LogP) is 4.73. The highest BCUT2D eigenvalue weighted by atomic mass is 16.5. The van der Waals surface area contributed by atoms with Crippen LogP contribution in [0.2, 0.25) is 0 Å². The fourth-order valence-corrected chi connectivity index (χ4v) is 3.71. The van der Waals surface area contributed by atoms with E-state index in [1.807, 2.05) is 0 Å². The fraction of sp³-hybridized carbons (Fsp3) is 0.360. The zero-order chi connectivity index (χ0) is 22.2. The number of esters is 2. The first-order valence-corrected chi connectivity index (χ1v) is 10.7. The summed E-state index contributed by atoms with van der Waals surface area (Å²) in [4.78, 5) is 24.3. The molecule has 1 fully saturated rings. The number of hydrogen-bond donors (Lipinski definition) is 2. The van der Waals surface area contributed by atoms with E-state index >= 15 is 0 Å². The number of carbonyl (C=O) groups is 2. The average molecular weight is 423 g/mol. The van der Waals surface area contributed by atoms with Crippen LogP contribution in [0.4, 0.5) is 11.4 Å². The molecule has 0 atom stereocenters. The third kappa shape index (κ3) is 6.60. The molecule has 0 aromatic heterocycles. The van der Waals surface area contributed by atoms with Gasteiger partial charge in [0.25, 0.3) is 0 Å². The lowest BCUT2D eigenvalue weighted by Crippen LogP contribution is -2.24. The molecule has 0 spiro atoms. The summed E-state index contributed by atoms with van der Waals surface area (Å²) < 4.78 is 10.9. The van der Waals surface area contributed by atoms with Gasteiger partial charge in [0.2, 0.25) is 0 Å². The van der Waals surface area contributed by atoms with Gasteiger partial charge >= 0.3 is 11.9 Å². The number of hydrogen-bond acceptors (Lipinski definition) is 6. The number of nitrogen functional groups attached to an aromatic ring is 2. The standard InChI is InChI=1S/C25H30N2O4/c1-2-17-5-12-22(13-6-17)31-25(29)19-8-3-18(4-9-19)7-14-24(28)30-16-20-10-11-21(26)15-23(20)27/h3-4,7-11,14-15,17,22H,2,5-6,12-13,16,26-27H2,1H3. The first-order valence-electron chi connectivity index (χ1n) is 10.7. The molecule has 0 unspecified atom stereocenters. The third-order valence-electron chi connectivity index (χ3n) is 5.74. The number of nitrogens with two attached hydrogens (primary N) is 2. The van der Waals surface area contributed by atoms with E-state index < -0.39 is 5.97 Å². The minimum atomic E-state index is -0.484. The van der Waals surface area contributed by atoms with Gasteiger partial charge in [0.05, 0.1) is 5.56 Å². The number of ether oxygens (including phenoxy) is 2. The van der Waals surface area contributed by atoms with Gasteiger partial charge in [0.15, 0.2) is 0 Å². The number of rotatable bonds is 7. The molecule has 0 heterocycles. The summed E-state index contributed by atoms with van der Waals surface area (Å²) in [6.07, 6.45) is 8.31. The maximum absolute atomic E-state index is 12.4. The summed E-state index contributed by atoms with van der Waals surface area (Å²) in [7, 11) is 0. The van der Waals surface area contributed by atoms with Crippen LogP contribution in [-0.4, -0.2) is 18.0 Å². The van der Waals surface area contributed by atoms with Crippen LogP contribution >= 0.6 is 0 Å². The van der Waals surface area contributed by atoms with Crippen LogP contribution in [0.5, 0.6) is 0 Å². The molecule has 1 aliphatic carbocycles. The highest BCUT2D eigenvalue weighted by molar-refractivity contribution is 5.90. The Balaban J connectivity index is 1.47. The zero-order valence-corrected chi connectivity index (χ0v) is 17.9. The molecule has 1 saturated carbocycles. The molecule has 2 aromatic carbocycles. The SMILES string of the molecule is CCC1CCC(OC(=O)c2ccc(C=CC(=O)OCc3ccc(N)cc3N)cc2)CC1. The van der Waals surface area contributed by atoms with Crippen molar-refractivity contribution in [3.8, 4) is 0 Å². The Labute approximate surface area is 183 Å².